The number of aromatic nitrogens is 2. The summed E-state index contributed by atoms with van der Waals surface area (Å²) < 4.78 is 57.5. The predicted molar refractivity (Wildman–Crippen MR) is 115 cm³/mol. The summed E-state index contributed by atoms with van der Waals surface area (Å²) in [6.45, 7) is 0. The van der Waals surface area contributed by atoms with Crippen LogP contribution in [0.2, 0.25) is 0 Å². The smallest absolute Gasteiger partial charge is 0.238 e. The van der Waals surface area contributed by atoms with Gasteiger partial charge in [0.05, 0.1) is 10.5 Å². The highest BCUT2D eigenvalue weighted by molar-refractivity contribution is 7.89. The monoisotopic (exact) mass is 451 g/mol. The Morgan fingerprint density at radius 3 is 1.88 bits per heavy atom. The van der Waals surface area contributed by atoms with E-state index in [1.165, 1.54) is 42.7 Å². The minimum absolute atomic E-state index is 0.0283. The Hall–Kier alpha value is -3.82. The molecule has 0 saturated heterocycles. The third-order valence-corrected chi connectivity index (χ3v) is 6.01. The molecule has 0 radical (unpaired) electrons. The van der Waals surface area contributed by atoms with Crippen LogP contribution in [0.5, 0.6) is 0 Å². The normalized spacial score (nSPS) is 11.8. The SMILES string of the molecule is NS(=O)(=O)c1ccc(-c2nn3c(-c4ccc(F)cc4)coc3c2-c2ccc(F)cc2)cc1. The number of fused-ring (bicyclic) bond motifs is 1. The third-order valence-electron chi connectivity index (χ3n) is 5.08. The Kier molecular flexibility index (Phi) is 4.65. The van der Waals surface area contributed by atoms with E-state index in [0.717, 1.165) is 0 Å². The second kappa shape index (κ2) is 7.40. The zero-order valence-corrected chi connectivity index (χ0v) is 17.2. The molecule has 2 aromatic heterocycles. The van der Waals surface area contributed by atoms with Crippen LogP contribution in [0.3, 0.4) is 0 Å². The molecule has 3 aromatic carbocycles. The molecule has 0 atom stereocenters. The largest absolute Gasteiger partial charge is 0.444 e. The van der Waals surface area contributed by atoms with Gasteiger partial charge in [-0.1, -0.05) is 24.3 Å². The fraction of sp³-hybridized carbons (Fsp3) is 0. The highest BCUT2D eigenvalue weighted by Crippen LogP contribution is 2.38. The van der Waals surface area contributed by atoms with E-state index in [0.29, 0.717) is 39.4 Å². The molecule has 6 nitrogen and oxygen atoms in total. The van der Waals surface area contributed by atoms with E-state index in [2.05, 4.69) is 5.10 Å². The van der Waals surface area contributed by atoms with Crippen LogP contribution in [-0.4, -0.2) is 18.0 Å². The predicted octanol–water partition coefficient (Wildman–Crippen LogP) is 4.85. The van der Waals surface area contributed by atoms with Crippen molar-refractivity contribution in [3.05, 3.63) is 90.7 Å². The van der Waals surface area contributed by atoms with Gasteiger partial charge in [0.15, 0.2) is 0 Å². The first kappa shape index (κ1) is 20.1. The Morgan fingerprint density at radius 1 is 0.781 bits per heavy atom. The zero-order valence-electron chi connectivity index (χ0n) is 16.4. The standard InChI is InChI=1S/C23H15F2N3O3S/c24-17-7-1-14(2-8-17)20-13-31-23-21(15-3-9-18(25)10-4-15)22(27-28(20)23)16-5-11-19(12-6-16)32(26,29)30/h1-13H,(H2,26,29,30). The van der Waals surface area contributed by atoms with Crippen molar-refractivity contribution in [2.75, 3.05) is 0 Å². The molecule has 0 bridgehead atoms. The fourth-order valence-corrected chi connectivity index (χ4v) is 4.04. The van der Waals surface area contributed by atoms with Crippen LogP contribution >= 0.6 is 0 Å². The number of nitrogens with zero attached hydrogens (tertiary/aromatic N) is 2. The van der Waals surface area contributed by atoms with Gasteiger partial charge >= 0.3 is 0 Å². The van der Waals surface area contributed by atoms with Gasteiger partial charge in [-0.3, -0.25) is 0 Å². The summed E-state index contributed by atoms with van der Waals surface area (Å²) in [6, 6.07) is 17.7. The van der Waals surface area contributed by atoms with Gasteiger partial charge in [-0.25, -0.2) is 22.3 Å². The average Bonchev–Trinajstić information content (AvgIpc) is 3.34. The summed E-state index contributed by atoms with van der Waals surface area (Å²) >= 11 is 0. The molecule has 9 heteroatoms. The van der Waals surface area contributed by atoms with Crippen molar-refractivity contribution in [2.24, 2.45) is 5.14 Å². The molecule has 5 aromatic rings. The molecule has 0 unspecified atom stereocenters. The van der Waals surface area contributed by atoms with Crippen LogP contribution in [0.15, 0.2) is 88.4 Å². The molecular weight excluding hydrogens is 436 g/mol. The first-order valence-electron chi connectivity index (χ1n) is 9.46. The maximum absolute atomic E-state index is 13.5. The lowest BCUT2D eigenvalue weighted by molar-refractivity contribution is 0.597. The molecule has 0 spiro atoms. The summed E-state index contributed by atoms with van der Waals surface area (Å²) in [5.41, 5.74) is 4.06. The van der Waals surface area contributed by atoms with Crippen molar-refractivity contribution < 1.29 is 21.6 Å². The second-order valence-electron chi connectivity index (χ2n) is 7.14. The fourth-order valence-electron chi connectivity index (χ4n) is 3.53. The average molecular weight is 451 g/mol. The van der Waals surface area contributed by atoms with E-state index in [1.807, 2.05) is 0 Å². The number of hydrogen-bond acceptors (Lipinski definition) is 4. The lowest BCUT2D eigenvalue weighted by Crippen LogP contribution is -2.11. The molecule has 0 amide bonds. The Labute approximate surface area is 181 Å². The molecule has 0 aliphatic heterocycles. The minimum atomic E-state index is -3.85. The summed E-state index contributed by atoms with van der Waals surface area (Å²) in [5, 5.41) is 9.88. The van der Waals surface area contributed by atoms with Crippen molar-refractivity contribution in [1.82, 2.24) is 9.61 Å². The van der Waals surface area contributed by atoms with Crippen LogP contribution in [0.1, 0.15) is 0 Å². The lowest BCUT2D eigenvalue weighted by atomic mass is 10.0. The molecule has 0 saturated carbocycles. The van der Waals surface area contributed by atoms with E-state index in [-0.39, 0.29) is 16.5 Å². The highest BCUT2D eigenvalue weighted by atomic mass is 32.2. The summed E-state index contributed by atoms with van der Waals surface area (Å²) in [6.07, 6.45) is 1.51. The molecule has 0 fully saturated rings. The Morgan fingerprint density at radius 2 is 1.31 bits per heavy atom. The van der Waals surface area contributed by atoms with Gasteiger partial charge in [-0.15, -0.1) is 0 Å². The van der Waals surface area contributed by atoms with Crippen molar-refractivity contribution in [3.63, 3.8) is 0 Å². The Bertz CT molecular complexity index is 1540. The molecule has 160 valence electrons. The Balaban J connectivity index is 1.74. The number of halogens is 2. The number of sulfonamides is 1. The van der Waals surface area contributed by atoms with Gasteiger partial charge in [0, 0.05) is 11.1 Å². The number of oxazole rings is 1. The van der Waals surface area contributed by atoms with Gasteiger partial charge in [-0.2, -0.15) is 9.61 Å². The molecule has 2 N–H and O–H groups in total. The zero-order chi connectivity index (χ0) is 22.5. The molecular formula is C23H15F2N3O3S. The topological polar surface area (TPSA) is 90.6 Å². The van der Waals surface area contributed by atoms with Crippen LogP contribution in [0.25, 0.3) is 39.4 Å². The lowest BCUT2D eigenvalue weighted by Gasteiger charge is -2.04. The van der Waals surface area contributed by atoms with Gasteiger partial charge in [0.25, 0.3) is 0 Å². The molecule has 2 heterocycles. The van der Waals surface area contributed by atoms with Crippen molar-refractivity contribution in [3.8, 4) is 33.6 Å². The maximum atomic E-state index is 13.5. The number of rotatable bonds is 4. The van der Waals surface area contributed by atoms with Gasteiger partial charge < -0.3 is 4.42 Å². The van der Waals surface area contributed by atoms with Crippen molar-refractivity contribution in [1.29, 1.82) is 0 Å². The maximum Gasteiger partial charge on any atom is 0.238 e. The first-order valence-corrected chi connectivity index (χ1v) is 11.0. The van der Waals surface area contributed by atoms with E-state index in [1.54, 1.807) is 40.9 Å². The number of primary sulfonamides is 1. The van der Waals surface area contributed by atoms with Crippen LogP contribution < -0.4 is 5.14 Å². The van der Waals surface area contributed by atoms with Crippen LogP contribution in [0, 0.1) is 11.6 Å². The van der Waals surface area contributed by atoms with E-state index >= 15 is 0 Å². The first-order chi connectivity index (χ1) is 15.3. The second-order valence-corrected chi connectivity index (χ2v) is 8.71. The number of hydrogen-bond donors (Lipinski definition) is 1. The van der Waals surface area contributed by atoms with Crippen molar-refractivity contribution in [2.45, 2.75) is 4.90 Å². The molecule has 0 aliphatic carbocycles. The molecule has 5 rings (SSSR count). The molecule has 32 heavy (non-hydrogen) atoms. The van der Waals surface area contributed by atoms with E-state index in [4.69, 9.17) is 9.56 Å². The van der Waals surface area contributed by atoms with Gasteiger partial charge in [0.2, 0.25) is 15.7 Å². The van der Waals surface area contributed by atoms with E-state index < -0.39 is 10.0 Å². The quantitative estimate of drug-likeness (QED) is 0.423. The summed E-state index contributed by atoms with van der Waals surface area (Å²) in [5.74, 6) is -0.751. The van der Waals surface area contributed by atoms with Gasteiger partial charge in [0.1, 0.15) is 29.3 Å². The van der Waals surface area contributed by atoms with Crippen LogP contribution in [0.4, 0.5) is 8.78 Å². The number of benzene rings is 3. The summed E-state index contributed by atoms with van der Waals surface area (Å²) in [4.78, 5) is -0.0283. The number of nitrogens with two attached hydrogens (primary N) is 1. The molecule has 0 aliphatic rings. The summed E-state index contributed by atoms with van der Waals surface area (Å²) in [7, 11) is -3.85. The highest BCUT2D eigenvalue weighted by Gasteiger charge is 2.22. The van der Waals surface area contributed by atoms with E-state index in [9.17, 15) is 17.2 Å². The third kappa shape index (κ3) is 3.47. The van der Waals surface area contributed by atoms with Gasteiger partial charge in [-0.05, 0) is 54.1 Å². The van der Waals surface area contributed by atoms with Crippen molar-refractivity contribution >= 4 is 15.7 Å². The minimum Gasteiger partial charge on any atom is -0.444 e. The van der Waals surface area contributed by atoms with Crippen LogP contribution in [-0.2, 0) is 10.0 Å².